The Hall–Kier alpha value is -2.80. The number of unbranched alkanes of at least 4 members (excludes halogenated alkanes) is 1. The van der Waals surface area contributed by atoms with Crippen LogP contribution in [-0.4, -0.2) is 6.61 Å². The molecule has 0 spiro atoms. The molecule has 0 saturated carbocycles. The lowest BCUT2D eigenvalue weighted by atomic mass is 9.95. The highest BCUT2D eigenvalue weighted by Crippen LogP contribution is 2.28. The first kappa shape index (κ1) is 22.9. The topological polar surface area (TPSA) is 9.23 Å². The summed E-state index contributed by atoms with van der Waals surface area (Å²) in [4.78, 5) is 0. The standard InChI is InChI=1S/C30H36O/c1-5-7-8-25(6-2)22-31-29-19-17-28(18-20-29)30(27-15-11-24(4)12-16-27)21-26-13-9-23(3)10-14-26/h9-21,25H,5-8,22H2,1-4H3/b30-21-. The third-order valence-corrected chi connectivity index (χ3v) is 5.95. The summed E-state index contributed by atoms with van der Waals surface area (Å²) in [6.07, 6.45) is 7.24. The number of hydrogen-bond donors (Lipinski definition) is 0. The van der Waals surface area contributed by atoms with Gasteiger partial charge in [0, 0.05) is 0 Å². The Kier molecular flexibility index (Phi) is 8.53. The smallest absolute Gasteiger partial charge is 0.119 e. The van der Waals surface area contributed by atoms with Crippen LogP contribution in [-0.2, 0) is 0 Å². The number of benzene rings is 3. The number of hydrogen-bond acceptors (Lipinski definition) is 1. The molecule has 1 atom stereocenters. The predicted octanol–water partition coefficient (Wildman–Crippen LogP) is 8.49. The SMILES string of the molecule is CCCCC(CC)COc1ccc(/C(=C\c2ccc(C)cc2)c2ccc(C)cc2)cc1. The van der Waals surface area contributed by atoms with E-state index in [1.165, 1.54) is 59.1 Å². The zero-order chi connectivity index (χ0) is 22.1. The second-order valence-corrected chi connectivity index (χ2v) is 8.59. The normalized spacial score (nSPS) is 12.6. The summed E-state index contributed by atoms with van der Waals surface area (Å²) in [6.45, 7) is 9.57. The van der Waals surface area contributed by atoms with Crippen LogP contribution in [0.15, 0.2) is 72.8 Å². The van der Waals surface area contributed by atoms with Crippen molar-refractivity contribution in [3.63, 3.8) is 0 Å². The fourth-order valence-electron chi connectivity index (χ4n) is 3.74. The molecule has 0 saturated heterocycles. The summed E-state index contributed by atoms with van der Waals surface area (Å²) in [5.41, 5.74) is 7.42. The Labute approximate surface area is 188 Å². The summed E-state index contributed by atoms with van der Waals surface area (Å²) >= 11 is 0. The minimum Gasteiger partial charge on any atom is -0.493 e. The number of rotatable bonds is 10. The van der Waals surface area contributed by atoms with Crippen LogP contribution >= 0.6 is 0 Å². The number of aryl methyl sites for hydroxylation is 2. The number of ether oxygens (including phenoxy) is 1. The van der Waals surface area contributed by atoms with E-state index in [0.29, 0.717) is 5.92 Å². The molecule has 1 nitrogen and oxygen atoms in total. The summed E-state index contributed by atoms with van der Waals surface area (Å²) in [5.74, 6) is 1.60. The molecule has 3 aromatic rings. The van der Waals surface area contributed by atoms with E-state index in [2.05, 4.69) is 107 Å². The molecule has 0 aliphatic rings. The monoisotopic (exact) mass is 412 g/mol. The lowest BCUT2D eigenvalue weighted by Gasteiger charge is -2.16. The van der Waals surface area contributed by atoms with Crippen molar-refractivity contribution < 1.29 is 4.74 Å². The van der Waals surface area contributed by atoms with E-state index >= 15 is 0 Å². The van der Waals surface area contributed by atoms with Crippen LogP contribution < -0.4 is 4.74 Å². The largest absolute Gasteiger partial charge is 0.493 e. The molecule has 162 valence electrons. The van der Waals surface area contributed by atoms with Crippen molar-refractivity contribution in [2.45, 2.75) is 53.4 Å². The highest BCUT2D eigenvalue weighted by molar-refractivity contribution is 5.91. The molecule has 0 aliphatic carbocycles. The summed E-state index contributed by atoms with van der Waals surface area (Å²) < 4.78 is 6.12. The average molecular weight is 413 g/mol. The highest BCUT2D eigenvalue weighted by Gasteiger charge is 2.09. The minimum atomic E-state index is 0.643. The molecule has 0 bridgehead atoms. The lowest BCUT2D eigenvalue weighted by molar-refractivity contribution is 0.233. The van der Waals surface area contributed by atoms with E-state index in [-0.39, 0.29) is 0 Å². The van der Waals surface area contributed by atoms with E-state index in [0.717, 1.165) is 12.4 Å². The molecule has 0 aromatic heterocycles. The van der Waals surface area contributed by atoms with Crippen molar-refractivity contribution >= 4 is 11.6 Å². The molecule has 1 unspecified atom stereocenters. The third-order valence-electron chi connectivity index (χ3n) is 5.95. The van der Waals surface area contributed by atoms with Gasteiger partial charge in [0.25, 0.3) is 0 Å². The summed E-state index contributed by atoms with van der Waals surface area (Å²) in [5, 5.41) is 0. The quantitative estimate of drug-likeness (QED) is 0.303. The van der Waals surface area contributed by atoms with E-state index in [4.69, 9.17) is 4.74 Å². The van der Waals surface area contributed by atoms with Gasteiger partial charge in [-0.3, -0.25) is 0 Å². The van der Waals surface area contributed by atoms with Gasteiger partial charge in [0.05, 0.1) is 6.61 Å². The molecule has 1 heteroatoms. The van der Waals surface area contributed by atoms with Crippen LogP contribution in [0, 0.1) is 19.8 Å². The van der Waals surface area contributed by atoms with Gasteiger partial charge >= 0.3 is 0 Å². The zero-order valence-electron chi connectivity index (χ0n) is 19.5. The minimum absolute atomic E-state index is 0.643. The fourth-order valence-corrected chi connectivity index (χ4v) is 3.74. The summed E-state index contributed by atoms with van der Waals surface area (Å²) in [6, 6.07) is 26.1. The molecule has 0 fully saturated rings. The maximum Gasteiger partial charge on any atom is 0.119 e. The van der Waals surface area contributed by atoms with Crippen molar-refractivity contribution in [1.29, 1.82) is 0 Å². The van der Waals surface area contributed by atoms with E-state index in [9.17, 15) is 0 Å². The maximum absolute atomic E-state index is 6.12. The van der Waals surface area contributed by atoms with Crippen LogP contribution in [0.3, 0.4) is 0 Å². The average Bonchev–Trinajstić information content (AvgIpc) is 2.80. The van der Waals surface area contributed by atoms with E-state index in [1.807, 2.05) is 0 Å². The second kappa shape index (κ2) is 11.6. The van der Waals surface area contributed by atoms with E-state index in [1.54, 1.807) is 0 Å². The first-order valence-corrected chi connectivity index (χ1v) is 11.7. The van der Waals surface area contributed by atoms with Crippen molar-refractivity contribution in [1.82, 2.24) is 0 Å². The van der Waals surface area contributed by atoms with Gasteiger partial charge in [0.2, 0.25) is 0 Å². The van der Waals surface area contributed by atoms with Crippen LogP contribution in [0.25, 0.3) is 11.6 Å². The zero-order valence-corrected chi connectivity index (χ0v) is 19.5. The first-order chi connectivity index (χ1) is 15.1. The van der Waals surface area contributed by atoms with Crippen LogP contribution in [0.4, 0.5) is 0 Å². The van der Waals surface area contributed by atoms with Crippen LogP contribution in [0.5, 0.6) is 5.75 Å². The predicted molar refractivity (Wildman–Crippen MR) is 135 cm³/mol. The Morgan fingerprint density at radius 3 is 1.87 bits per heavy atom. The van der Waals surface area contributed by atoms with E-state index < -0.39 is 0 Å². The molecule has 0 heterocycles. The molecule has 3 aromatic carbocycles. The Morgan fingerprint density at radius 1 is 0.774 bits per heavy atom. The fraction of sp³-hybridized carbons (Fsp3) is 0.333. The van der Waals surface area contributed by atoms with Gasteiger partial charge in [-0.25, -0.2) is 0 Å². The van der Waals surface area contributed by atoms with Crippen molar-refractivity contribution in [2.75, 3.05) is 6.61 Å². The summed E-state index contributed by atoms with van der Waals surface area (Å²) in [7, 11) is 0. The molecule has 3 rings (SSSR count). The molecule has 0 amide bonds. The van der Waals surface area contributed by atoms with Crippen LogP contribution in [0.2, 0.25) is 0 Å². The van der Waals surface area contributed by atoms with Gasteiger partial charge in [-0.2, -0.15) is 0 Å². The lowest BCUT2D eigenvalue weighted by Crippen LogP contribution is -2.11. The van der Waals surface area contributed by atoms with Gasteiger partial charge in [-0.1, -0.05) is 105 Å². The van der Waals surface area contributed by atoms with Gasteiger partial charge in [-0.15, -0.1) is 0 Å². The molecule has 0 N–H and O–H groups in total. The molecule has 0 radical (unpaired) electrons. The second-order valence-electron chi connectivity index (χ2n) is 8.59. The molecule has 0 aliphatic heterocycles. The third kappa shape index (κ3) is 6.85. The molecular formula is C30H36O. The van der Waals surface area contributed by atoms with Crippen molar-refractivity contribution in [3.05, 3.63) is 101 Å². The Bertz CT molecular complexity index is 947. The van der Waals surface area contributed by atoms with Gasteiger partial charge in [-0.05, 0) is 66.7 Å². The Balaban J connectivity index is 1.82. The highest BCUT2D eigenvalue weighted by atomic mass is 16.5. The van der Waals surface area contributed by atoms with Crippen molar-refractivity contribution in [2.24, 2.45) is 5.92 Å². The van der Waals surface area contributed by atoms with Gasteiger partial charge < -0.3 is 4.74 Å². The molecule has 31 heavy (non-hydrogen) atoms. The van der Waals surface area contributed by atoms with Crippen molar-refractivity contribution in [3.8, 4) is 5.75 Å². The van der Waals surface area contributed by atoms with Crippen LogP contribution in [0.1, 0.15) is 67.3 Å². The van der Waals surface area contributed by atoms with Gasteiger partial charge in [0.15, 0.2) is 0 Å². The van der Waals surface area contributed by atoms with Gasteiger partial charge in [0.1, 0.15) is 5.75 Å². The molecular weight excluding hydrogens is 376 g/mol. The maximum atomic E-state index is 6.12. The first-order valence-electron chi connectivity index (χ1n) is 11.7. The Morgan fingerprint density at radius 2 is 1.32 bits per heavy atom.